The second-order valence-electron chi connectivity index (χ2n) is 5.37. The standard InChI is InChI=1S/C11H11N.C9H13N.2C2H6/c12-8-10-6-3-5-9-4-1-2-7-11(9)10;1-8-2-4-9(5-3-8)6-7-10;2*1-2/h1-7H,8,12H2;2-5H,6-7,10H2,1H3;2*1-2H3. The topological polar surface area (TPSA) is 52.0 Å². The highest BCUT2D eigenvalue weighted by Gasteiger charge is 1.95. The van der Waals surface area contributed by atoms with Crippen molar-refractivity contribution < 1.29 is 0 Å². The molecule has 142 valence electrons. The number of rotatable bonds is 3. The van der Waals surface area contributed by atoms with Crippen molar-refractivity contribution in [3.05, 3.63) is 83.4 Å². The number of nitrogens with two attached hydrogens (primary N) is 2. The number of fused-ring (bicyclic) bond motifs is 1. The van der Waals surface area contributed by atoms with Crippen molar-refractivity contribution >= 4 is 10.8 Å². The molecule has 0 bridgehead atoms. The van der Waals surface area contributed by atoms with Gasteiger partial charge >= 0.3 is 0 Å². The molecule has 0 saturated carbocycles. The second-order valence-corrected chi connectivity index (χ2v) is 5.37. The lowest BCUT2D eigenvalue weighted by Gasteiger charge is -2.02. The predicted octanol–water partition coefficient (Wildman–Crippen LogP) is 5.85. The van der Waals surface area contributed by atoms with E-state index in [0.29, 0.717) is 6.54 Å². The monoisotopic (exact) mass is 352 g/mol. The van der Waals surface area contributed by atoms with Crippen molar-refractivity contribution in [2.75, 3.05) is 6.54 Å². The zero-order valence-electron chi connectivity index (χ0n) is 17.1. The molecule has 0 fully saturated rings. The van der Waals surface area contributed by atoms with Gasteiger partial charge in [-0.05, 0) is 41.8 Å². The average molecular weight is 353 g/mol. The van der Waals surface area contributed by atoms with Gasteiger partial charge in [-0.1, -0.05) is 100.0 Å². The summed E-state index contributed by atoms with van der Waals surface area (Å²) in [5.74, 6) is 0. The molecule has 3 aromatic rings. The lowest BCUT2D eigenvalue weighted by atomic mass is 10.1. The van der Waals surface area contributed by atoms with Crippen LogP contribution in [0.5, 0.6) is 0 Å². The third-order valence-electron chi connectivity index (χ3n) is 3.65. The molecule has 2 heteroatoms. The highest BCUT2D eigenvalue weighted by atomic mass is 14.5. The van der Waals surface area contributed by atoms with E-state index in [1.54, 1.807) is 0 Å². The van der Waals surface area contributed by atoms with Gasteiger partial charge in [0, 0.05) is 6.54 Å². The van der Waals surface area contributed by atoms with Crippen LogP contribution in [0.15, 0.2) is 66.7 Å². The minimum atomic E-state index is 0.612. The summed E-state index contributed by atoms with van der Waals surface area (Å²) in [6, 6.07) is 23.0. The van der Waals surface area contributed by atoms with E-state index in [-0.39, 0.29) is 0 Å². The molecule has 0 aliphatic carbocycles. The normalized spacial score (nSPS) is 9.04. The summed E-state index contributed by atoms with van der Waals surface area (Å²) in [5.41, 5.74) is 14.9. The van der Waals surface area contributed by atoms with E-state index >= 15 is 0 Å². The molecule has 0 saturated heterocycles. The Bertz CT molecular complexity index is 697. The fraction of sp³-hybridized carbons (Fsp3) is 0.333. The molecule has 0 amide bonds. The molecule has 3 rings (SSSR count). The minimum Gasteiger partial charge on any atom is -0.330 e. The number of hydrogen-bond acceptors (Lipinski definition) is 2. The van der Waals surface area contributed by atoms with Gasteiger partial charge in [0.2, 0.25) is 0 Å². The zero-order valence-corrected chi connectivity index (χ0v) is 17.1. The molecule has 0 radical (unpaired) electrons. The summed E-state index contributed by atoms with van der Waals surface area (Å²) < 4.78 is 0. The molecular formula is C24H36N2. The van der Waals surface area contributed by atoms with Crippen molar-refractivity contribution in [2.45, 2.75) is 47.6 Å². The van der Waals surface area contributed by atoms with Crippen LogP contribution in [0, 0.1) is 6.92 Å². The largest absolute Gasteiger partial charge is 0.330 e. The molecule has 0 heterocycles. The van der Waals surface area contributed by atoms with Gasteiger partial charge in [0.25, 0.3) is 0 Å². The Balaban J connectivity index is 0.000000409. The first-order chi connectivity index (χ1) is 12.7. The summed E-state index contributed by atoms with van der Waals surface area (Å²) in [7, 11) is 0. The highest BCUT2D eigenvalue weighted by molar-refractivity contribution is 5.85. The molecule has 4 N–H and O–H groups in total. The van der Waals surface area contributed by atoms with E-state index in [2.05, 4.69) is 55.5 Å². The van der Waals surface area contributed by atoms with Crippen LogP contribution in [0.25, 0.3) is 10.8 Å². The zero-order chi connectivity index (χ0) is 19.8. The maximum absolute atomic E-state index is 5.62. The van der Waals surface area contributed by atoms with E-state index in [4.69, 9.17) is 11.5 Å². The Morgan fingerprint density at radius 1 is 0.692 bits per heavy atom. The molecule has 0 spiro atoms. The third-order valence-corrected chi connectivity index (χ3v) is 3.65. The molecule has 0 unspecified atom stereocenters. The van der Waals surface area contributed by atoms with Crippen LogP contribution in [-0.4, -0.2) is 6.54 Å². The highest BCUT2D eigenvalue weighted by Crippen LogP contribution is 2.17. The fourth-order valence-electron chi connectivity index (χ4n) is 2.39. The van der Waals surface area contributed by atoms with Gasteiger partial charge in [-0.25, -0.2) is 0 Å². The summed E-state index contributed by atoms with van der Waals surface area (Å²) in [6.07, 6.45) is 0.986. The van der Waals surface area contributed by atoms with Gasteiger partial charge in [0.05, 0.1) is 0 Å². The Labute approximate surface area is 160 Å². The lowest BCUT2D eigenvalue weighted by molar-refractivity contribution is 0.968. The molecule has 0 aliphatic rings. The van der Waals surface area contributed by atoms with Crippen LogP contribution in [0.2, 0.25) is 0 Å². The minimum absolute atomic E-state index is 0.612. The summed E-state index contributed by atoms with van der Waals surface area (Å²) >= 11 is 0. The first-order valence-corrected chi connectivity index (χ1v) is 9.67. The van der Waals surface area contributed by atoms with Crippen LogP contribution in [0.4, 0.5) is 0 Å². The third kappa shape index (κ3) is 8.28. The van der Waals surface area contributed by atoms with Gasteiger partial charge in [-0.3, -0.25) is 0 Å². The molecule has 0 atom stereocenters. The summed E-state index contributed by atoms with van der Waals surface area (Å²) in [6.45, 7) is 11.4. The van der Waals surface area contributed by atoms with Crippen LogP contribution >= 0.6 is 0 Å². The number of benzene rings is 3. The van der Waals surface area contributed by atoms with Crippen LogP contribution in [-0.2, 0) is 13.0 Å². The van der Waals surface area contributed by atoms with E-state index < -0.39 is 0 Å². The SMILES string of the molecule is CC.CC.Cc1ccc(CCN)cc1.NCc1cccc2ccccc12. The van der Waals surface area contributed by atoms with E-state index in [9.17, 15) is 0 Å². The molecule has 3 aromatic carbocycles. The molecule has 0 aliphatic heterocycles. The van der Waals surface area contributed by atoms with Gasteiger partial charge in [0.1, 0.15) is 0 Å². The van der Waals surface area contributed by atoms with Gasteiger partial charge < -0.3 is 11.5 Å². The van der Waals surface area contributed by atoms with Crippen molar-refractivity contribution in [1.82, 2.24) is 0 Å². The average Bonchev–Trinajstić information content (AvgIpc) is 2.73. The number of hydrogen-bond donors (Lipinski definition) is 2. The molecule has 0 aromatic heterocycles. The Morgan fingerprint density at radius 2 is 1.27 bits per heavy atom. The van der Waals surface area contributed by atoms with Crippen molar-refractivity contribution in [1.29, 1.82) is 0 Å². The van der Waals surface area contributed by atoms with Gasteiger partial charge in [-0.15, -0.1) is 0 Å². The van der Waals surface area contributed by atoms with Gasteiger partial charge in [0.15, 0.2) is 0 Å². The Kier molecular flexibility index (Phi) is 13.9. The van der Waals surface area contributed by atoms with Crippen LogP contribution in [0.1, 0.15) is 44.4 Å². The summed E-state index contributed by atoms with van der Waals surface area (Å²) in [4.78, 5) is 0. The van der Waals surface area contributed by atoms with Crippen LogP contribution in [0.3, 0.4) is 0 Å². The van der Waals surface area contributed by atoms with E-state index in [1.807, 2.05) is 45.9 Å². The first kappa shape index (κ1) is 23.8. The lowest BCUT2D eigenvalue weighted by Crippen LogP contribution is -2.02. The predicted molar refractivity (Wildman–Crippen MR) is 118 cm³/mol. The van der Waals surface area contributed by atoms with Crippen molar-refractivity contribution in [3.8, 4) is 0 Å². The molecule has 26 heavy (non-hydrogen) atoms. The quantitative estimate of drug-likeness (QED) is 0.621. The molecule has 2 nitrogen and oxygen atoms in total. The Hall–Kier alpha value is -2.16. The fourth-order valence-corrected chi connectivity index (χ4v) is 2.39. The second kappa shape index (κ2) is 15.1. The Morgan fingerprint density at radius 3 is 1.85 bits per heavy atom. The van der Waals surface area contributed by atoms with Gasteiger partial charge in [-0.2, -0.15) is 0 Å². The summed E-state index contributed by atoms with van der Waals surface area (Å²) in [5, 5.41) is 2.53. The van der Waals surface area contributed by atoms with Crippen LogP contribution < -0.4 is 11.5 Å². The van der Waals surface area contributed by atoms with E-state index in [0.717, 1.165) is 13.0 Å². The van der Waals surface area contributed by atoms with Crippen molar-refractivity contribution in [3.63, 3.8) is 0 Å². The maximum Gasteiger partial charge on any atom is 0.0184 e. The smallest absolute Gasteiger partial charge is 0.0184 e. The van der Waals surface area contributed by atoms with E-state index in [1.165, 1.54) is 27.5 Å². The molecular weight excluding hydrogens is 316 g/mol. The van der Waals surface area contributed by atoms with Crippen molar-refractivity contribution in [2.24, 2.45) is 11.5 Å². The first-order valence-electron chi connectivity index (χ1n) is 9.67. The number of aryl methyl sites for hydroxylation is 1. The maximum atomic E-state index is 5.62.